The Balaban J connectivity index is 1.98. The molecule has 4 aromatic rings. The maximum absolute atomic E-state index is 14.2. The van der Waals surface area contributed by atoms with E-state index in [9.17, 15) is 9.18 Å². The fourth-order valence-corrected chi connectivity index (χ4v) is 2.83. The first-order valence-corrected chi connectivity index (χ1v) is 8.08. The van der Waals surface area contributed by atoms with E-state index in [1.54, 1.807) is 42.7 Å². The number of rotatable bonds is 3. The molecule has 1 aromatic carbocycles. The summed E-state index contributed by atoms with van der Waals surface area (Å²) in [4.78, 5) is 20.3. The van der Waals surface area contributed by atoms with E-state index in [4.69, 9.17) is 0 Å². The molecule has 26 heavy (non-hydrogen) atoms. The average Bonchev–Trinajstić information content (AvgIpc) is 2.69. The van der Waals surface area contributed by atoms with Crippen molar-refractivity contribution in [3.8, 4) is 28.1 Å². The van der Waals surface area contributed by atoms with E-state index >= 15 is 0 Å². The normalized spacial score (nSPS) is 10.7. The van der Waals surface area contributed by atoms with Gasteiger partial charge in [-0.2, -0.15) is 4.39 Å². The first-order valence-electron chi connectivity index (χ1n) is 8.08. The number of benzene rings is 1. The Morgan fingerprint density at radius 1 is 0.808 bits per heavy atom. The van der Waals surface area contributed by atoms with Crippen molar-refractivity contribution in [2.75, 3.05) is 0 Å². The lowest BCUT2D eigenvalue weighted by Crippen LogP contribution is -2.15. The van der Waals surface area contributed by atoms with E-state index < -0.39 is 5.95 Å². The van der Waals surface area contributed by atoms with E-state index in [-0.39, 0.29) is 5.56 Å². The Morgan fingerprint density at radius 3 is 2.38 bits per heavy atom. The molecule has 0 fully saturated rings. The minimum Gasteiger partial charge on any atom is -0.284 e. The summed E-state index contributed by atoms with van der Waals surface area (Å²) in [6, 6.07) is 19.4. The highest BCUT2D eigenvalue weighted by Gasteiger charge is 2.11. The number of nitrogens with zero attached hydrogens (tertiary/aromatic N) is 3. The zero-order valence-corrected chi connectivity index (χ0v) is 13.7. The van der Waals surface area contributed by atoms with Crippen LogP contribution in [0.15, 0.2) is 90.1 Å². The molecule has 0 N–H and O–H groups in total. The van der Waals surface area contributed by atoms with Gasteiger partial charge >= 0.3 is 0 Å². The fraction of sp³-hybridized carbons (Fsp3) is 0. The van der Waals surface area contributed by atoms with Crippen LogP contribution in [0.1, 0.15) is 0 Å². The van der Waals surface area contributed by atoms with Crippen molar-refractivity contribution in [2.45, 2.75) is 0 Å². The van der Waals surface area contributed by atoms with Crippen LogP contribution in [0.5, 0.6) is 0 Å². The highest BCUT2D eigenvalue weighted by molar-refractivity contribution is 5.74. The summed E-state index contributed by atoms with van der Waals surface area (Å²) in [7, 11) is 0. The van der Waals surface area contributed by atoms with Crippen LogP contribution in [0.4, 0.5) is 4.39 Å². The number of hydrogen-bond donors (Lipinski definition) is 0. The van der Waals surface area contributed by atoms with Crippen molar-refractivity contribution >= 4 is 0 Å². The van der Waals surface area contributed by atoms with Gasteiger partial charge in [-0.1, -0.05) is 12.1 Å². The molecule has 0 aliphatic heterocycles. The van der Waals surface area contributed by atoms with Gasteiger partial charge in [0, 0.05) is 41.5 Å². The molecular formula is C21H14FN3O. The molecule has 0 aliphatic rings. The molecule has 0 atom stereocenters. The first-order chi connectivity index (χ1) is 12.7. The molecule has 0 spiro atoms. The first kappa shape index (κ1) is 15.9. The fourth-order valence-electron chi connectivity index (χ4n) is 2.83. The predicted molar refractivity (Wildman–Crippen MR) is 98.5 cm³/mol. The number of halogens is 1. The van der Waals surface area contributed by atoms with Gasteiger partial charge in [0.25, 0.3) is 5.56 Å². The van der Waals surface area contributed by atoms with E-state index in [2.05, 4.69) is 9.97 Å². The Labute approximate surface area is 149 Å². The summed E-state index contributed by atoms with van der Waals surface area (Å²) in [5, 5.41) is 0. The summed E-state index contributed by atoms with van der Waals surface area (Å²) >= 11 is 0. The van der Waals surface area contributed by atoms with Crippen molar-refractivity contribution in [3.05, 3.63) is 102 Å². The molecule has 0 amide bonds. The molecule has 4 rings (SSSR count). The molecule has 3 aromatic heterocycles. The lowest BCUT2D eigenvalue weighted by atomic mass is 10.0. The lowest BCUT2D eigenvalue weighted by molar-refractivity contribution is 0.587. The Bertz CT molecular complexity index is 1120. The smallest absolute Gasteiger partial charge is 0.255 e. The summed E-state index contributed by atoms with van der Waals surface area (Å²) in [6.07, 6.45) is 4.79. The molecule has 4 nitrogen and oxygen atoms in total. The molecule has 0 unspecified atom stereocenters. The molecule has 0 saturated carbocycles. The van der Waals surface area contributed by atoms with Gasteiger partial charge in [0.1, 0.15) is 0 Å². The summed E-state index contributed by atoms with van der Waals surface area (Å²) in [6.45, 7) is 0. The van der Waals surface area contributed by atoms with Crippen LogP contribution in [0.3, 0.4) is 0 Å². The summed E-state index contributed by atoms with van der Waals surface area (Å²) in [5.41, 5.74) is 3.00. The van der Waals surface area contributed by atoms with Gasteiger partial charge in [-0.25, -0.2) is 4.98 Å². The van der Waals surface area contributed by atoms with Gasteiger partial charge in [0.05, 0.1) is 5.69 Å². The molecule has 0 bridgehead atoms. The Hall–Kier alpha value is -3.60. The molecule has 0 radical (unpaired) electrons. The van der Waals surface area contributed by atoms with Gasteiger partial charge in [-0.05, 0) is 54.1 Å². The van der Waals surface area contributed by atoms with E-state index in [0.717, 1.165) is 11.3 Å². The van der Waals surface area contributed by atoms with Crippen LogP contribution in [0, 0.1) is 5.95 Å². The third-order valence-corrected chi connectivity index (χ3v) is 4.05. The van der Waals surface area contributed by atoms with Crippen molar-refractivity contribution in [3.63, 3.8) is 0 Å². The summed E-state index contributed by atoms with van der Waals surface area (Å²) in [5.74, 6) is -0.558. The minimum absolute atomic E-state index is 0.164. The van der Waals surface area contributed by atoms with Gasteiger partial charge in [0.2, 0.25) is 5.95 Å². The van der Waals surface area contributed by atoms with Crippen LogP contribution >= 0.6 is 0 Å². The SMILES string of the molecule is O=c1ccccn1-c1cc(-c2ccccn2)cc(-c2cccnc2F)c1. The highest BCUT2D eigenvalue weighted by Crippen LogP contribution is 2.29. The Morgan fingerprint density at radius 2 is 1.62 bits per heavy atom. The molecule has 3 heterocycles. The van der Waals surface area contributed by atoms with Gasteiger partial charge < -0.3 is 0 Å². The standard InChI is InChI=1S/C21H14FN3O/c22-21-18(6-5-10-24-21)15-12-16(19-7-1-3-9-23-19)14-17(13-15)25-11-4-2-8-20(25)26/h1-14H. The average molecular weight is 343 g/mol. The van der Waals surface area contributed by atoms with Crippen molar-refractivity contribution in [1.29, 1.82) is 0 Å². The zero-order chi connectivity index (χ0) is 17.9. The van der Waals surface area contributed by atoms with Crippen LogP contribution < -0.4 is 5.56 Å². The zero-order valence-electron chi connectivity index (χ0n) is 13.7. The molecule has 0 saturated heterocycles. The molecule has 126 valence electrons. The van der Waals surface area contributed by atoms with Crippen LogP contribution in [0.25, 0.3) is 28.1 Å². The lowest BCUT2D eigenvalue weighted by Gasteiger charge is -2.12. The minimum atomic E-state index is -0.558. The van der Waals surface area contributed by atoms with Crippen LogP contribution in [0.2, 0.25) is 0 Å². The highest BCUT2D eigenvalue weighted by atomic mass is 19.1. The molecule has 5 heteroatoms. The molecular weight excluding hydrogens is 329 g/mol. The number of hydrogen-bond acceptors (Lipinski definition) is 3. The second-order valence-corrected chi connectivity index (χ2v) is 5.73. The predicted octanol–water partition coefficient (Wildman–Crippen LogP) is 4.10. The van der Waals surface area contributed by atoms with Crippen LogP contribution in [-0.2, 0) is 0 Å². The van der Waals surface area contributed by atoms with E-state index in [1.165, 1.54) is 16.8 Å². The third-order valence-electron chi connectivity index (χ3n) is 4.05. The van der Waals surface area contributed by atoms with E-state index in [0.29, 0.717) is 16.8 Å². The van der Waals surface area contributed by atoms with E-state index in [1.807, 2.05) is 30.3 Å². The third kappa shape index (κ3) is 3.02. The topological polar surface area (TPSA) is 47.8 Å². The maximum Gasteiger partial charge on any atom is 0.255 e. The van der Waals surface area contributed by atoms with Crippen molar-refractivity contribution in [2.24, 2.45) is 0 Å². The largest absolute Gasteiger partial charge is 0.284 e. The maximum atomic E-state index is 14.2. The molecule has 0 aliphatic carbocycles. The summed E-state index contributed by atoms with van der Waals surface area (Å²) < 4.78 is 15.7. The second-order valence-electron chi connectivity index (χ2n) is 5.73. The Kier molecular flexibility index (Phi) is 4.11. The quantitative estimate of drug-likeness (QED) is 0.526. The van der Waals surface area contributed by atoms with Gasteiger partial charge in [-0.3, -0.25) is 14.3 Å². The van der Waals surface area contributed by atoms with Gasteiger partial charge in [-0.15, -0.1) is 0 Å². The van der Waals surface area contributed by atoms with Crippen LogP contribution in [-0.4, -0.2) is 14.5 Å². The number of pyridine rings is 3. The second kappa shape index (κ2) is 6.72. The van der Waals surface area contributed by atoms with Crippen molar-refractivity contribution < 1.29 is 4.39 Å². The van der Waals surface area contributed by atoms with Gasteiger partial charge in [0.15, 0.2) is 0 Å². The monoisotopic (exact) mass is 343 g/mol. The number of aromatic nitrogens is 3. The van der Waals surface area contributed by atoms with Crippen molar-refractivity contribution in [1.82, 2.24) is 14.5 Å².